The molecule has 146 valence electrons. The largest absolute Gasteiger partial charge is 0.370 e. The van der Waals surface area contributed by atoms with Crippen LogP contribution in [0.5, 0.6) is 0 Å². The van der Waals surface area contributed by atoms with Crippen LogP contribution in [-0.2, 0) is 16.1 Å². The first-order valence-electron chi connectivity index (χ1n) is 9.72. The Hall–Kier alpha value is -2.02. The van der Waals surface area contributed by atoms with Crippen LogP contribution < -0.4 is 5.73 Å². The van der Waals surface area contributed by atoms with Gasteiger partial charge in [0.15, 0.2) is 5.16 Å². The standard InChI is InChI=1S/C20H28N4O2S/c1-2-24-17-8-4-3-7-16(17)22-20(24)27-13-11-19(26)23-12-5-6-15(14-23)9-10-18(21)25/h3-4,7-8,15H,2,5-6,9-14H2,1H3,(H2,21,25). The van der Waals surface area contributed by atoms with E-state index in [1.165, 1.54) is 0 Å². The van der Waals surface area contributed by atoms with E-state index in [2.05, 4.69) is 17.6 Å². The molecule has 1 aliphatic heterocycles. The van der Waals surface area contributed by atoms with E-state index in [0.29, 0.717) is 18.8 Å². The Bertz CT molecular complexity index is 804. The minimum absolute atomic E-state index is 0.199. The van der Waals surface area contributed by atoms with Gasteiger partial charge in [0, 0.05) is 38.2 Å². The van der Waals surface area contributed by atoms with Crippen molar-refractivity contribution < 1.29 is 9.59 Å². The molecule has 1 aromatic heterocycles. The number of piperidine rings is 1. The lowest BCUT2D eigenvalue weighted by atomic mass is 9.93. The van der Waals surface area contributed by atoms with Crippen molar-refractivity contribution in [1.29, 1.82) is 0 Å². The van der Waals surface area contributed by atoms with Gasteiger partial charge in [-0.3, -0.25) is 9.59 Å². The number of nitrogens with zero attached hydrogens (tertiary/aromatic N) is 3. The van der Waals surface area contributed by atoms with Crippen molar-refractivity contribution in [3.8, 4) is 0 Å². The number of thioether (sulfide) groups is 1. The number of carbonyl (C=O) groups is 2. The number of imidazole rings is 1. The summed E-state index contributed by atoms with van der Waals surface area (Å²) >= 11 is 1.65. The Balaban J connectivity index is 1.51. The van der Waals surface area contributed by atoms with E-state index in [0.717, 1.165) is 60.8 Å². The highest BCUT2D eigenvalue weighted by molar-refractivity contribution is 7.99. The van der Waals surface area contributed by atoms with Crippen LogP contribution in [0, 0.1) is 5.92 Å². The lowest BCUT2D eigenvalue weighted by Crippen LogP contribution is -2.40. The number of primary amides is 1. The van der Waals surface area contributed by atoms with Crippen molar-refractivity contribution in [2.24, 2.45) is 11.7 Å². The molecule has 2 N–H and O–H groups in total. The SMILES string of the molecule is CCn1c(SCCC(=O)N2CCCC(CCC(N)=O)C2)nc2ccccc21. The summed E-state index contributed by atoms with van der Waals surface area (Å²) in [5.74, 6) is 1.07. The van der Waals surface area contributed by atoms with Crippen molar-refractivity contribution in [3.63, 3.8) is 0 Å². The summed E-state index contributed by atoms with van der Waals surface area (Å²) < 4.78 is 2.20. The van der Waals surface area contributed by atoms with Crippen LogP contribution in [0.2, 0.25) is 0 Å². The molecule has 1 atom stereocenters. The molecule has 1 unspecified atom stereocenters. The molecule has 2 amide bonds. The third-order valence-electron chi connectivity index (χ3n) is 5.15. The fraction of sp³-hybridized carbons (Fsp3) is 0.550. The molecular formula is C20H28N4O2S. The average Bonchev–Trinajstić information content (AvgIpc) is 3.03. The minimum atomic E-state index is -0.256. The highest BCUT2D eigenvalue weighted by atomic mass is 32.2. The molecule has 0 aliphatic carbocycles. The maximum absolute atomic E-state index is 12.6. The predicted molar refractivity (Wildman–Crippen MR) is 108 cm³/mol. The molecule has 27 heavy (non-hydrogen) atoms. The molecule has 7 heteroatoms. The molecule has 1 aliphatic rings. The number of nitrogens with two attached hydrogens (primary N) is 1. The Morgan fingerprint density at radius 2 is 2.11 bits per heavy atom. The van der Waals surface area contributed by atoms with Gasteiger partial charge in [-0.25, -0.2) is 4.98 Å². The van der Waals surface area contributed by atoms with Crippen LogP contribution in [0.1, 0.15) is 39.0 Å². The van der Waals surface area contributed by atoms with Gasteiger partial charge in [-0.15, -0.1) is 0 Å². The summed E-state index contributed by atoms with van der Waals surface area (Å²) in [6.07, 6.45) is 3.80. The summed E-state index contributed by atoms with van der Waals surface area (Å²) in [4.78, 5) is 30.2. The number of fused-ring (bicyclic) bond motifs is 1. The van der Waals surface area contributed by atoms with Crippen LogP contribution in [0.15, 0.2) is 29.4 Å². The van der Waals surface area contributed by atoms with Crippen molar-refractivity contribution >= 4 is 34.6 Å². The number of hydrogen-bond acceptors (Lipinski definition) is 4. The monoisotopic (exact) mass is 388 g/mol. The Morgan fingerprint density at radius 3 is 2.89 bits per heavy atom. The second kappa shape index (κ2) is 9.26. The molecule has 2 heterocycles. The average molecular weight is 389 g/mol. The van der Waals surface area contributed by atoms with Gasteiger partial charge in [-0.1, -0.05) is 23.9 Å². The first-order chi connectivity index (χ1) is 13.1. The maximum Gasteiger partial charge on any atom is 0.223 e. The van der Waals surface area contributed by atoms with Crippen LogP contribution >= 0.6 is 11.8 Å². The molecule has 1 saturated heterocycles. The molecule has 0 spiro atoms. The third-order valence-corrected chi connectivity index (χ3v) is 6.13. The number of likely N-dealkylation sites (tertiary alicyclic amines) is 1. The summed E-state index contributed by atoms with van der Waals surface area (Å²) in [5.41, 5.74) is 7.39. The normalized spacial score (nSPS) is 17.4. The zero-order chi connectivity index (χ0) is 19.2. The molecule has 0 bridgehead atoms. The van der Waals surface area contributed by atoms with E-state index < -0.39 is 0 Å². The Labute approximate surface area is 164 Å². The number of aromatic nitrogens is 2. The first kappa shape index (κ1) is 19.7. The summed E-state index contributed by atoms with van der Waals surface area (Å²) in [7, 11) is 0. The highest BCUT2D eigenvalue weighted by Gasteiger charge is 2.23. The molecule has 2 aromatic rings. The first-order valence-corrected chi connectivity index (χ1v) is 10.7. The number of benzene rings is 1. The zero-order valence-electron chi connectivity index (χ0n) is 15.9. The molecule has 1 fully saturated rings. The van der Waals surface area contributed by atoms with Crippen molar-refractivity contribution in [2.45, 2.75) is 50.7 Å². The van der Waals surface area contributed by atoms with E-state index >= 15 is 0 Å². The molecular weight excluding hydrogens is 360 g/mol. The van der Waals surface area contributed by atoms with E-state index in [1.807, 2.05) is 23.1 Å². The Kier molecular flexibility index (Phi) is 6.77. The van der Waals surface area contributed by atoms with Gasteiger partial charge in [0.05, 0.1) is 11.0 Å². The van der Waals surface area contributed by atoms with Gasteiger partial charge >= 0.3 is 0 Å². The molecule has 1 aromatic carbocycles. The third kappa shape index (κ3) is 5.03. The zero-order valence-corrected chi connectivity index (χ0v) is 16.7. The van der Waals surface area contributed by atoms with Gasteiger partial charge in [0.2, 0.25) is 11.8 Å². The predicted octanol–water partition coefficient (Wildman–Crippen LogP) is 3.04. The van der Waals surface area contributed by atoms with Gasteiger partial charge in [0.1, 0.15) is 0 Å². The maximum atomic E-state index is 12.6. The van der Waals surface area contributed by atoms with Gasteiger partial charge < -0.3 is 15.2 Å². The fourth-order valence-corrected chi connectivity index (χ4v) is 4.74. The lowest BCUT2D eigenvalue weighted by Gasteiger charge is -2.32. The van der Waals surface area contributed by atoms with Gasteiger partial charge in [-0.05, 0) is 44.2 Å². The van der Waals surface area contributed by atoms with Crippen molar-refractivity contribution in [2.75, 3.05) is 18.8 Å². The van der Waals surface area contributed by atoms with E-state index in [9.17, 15) is 9.59 Å². The number of hydrogen-bond donors (Lipinski definition) is 1. The second-order valence-electron chi connectivity index (χ2n) is 7.08. The lowest BCUT2D eigenvalue weighted by molar-refractivity contribution is -0.132. The molecule has 0 saturated carbocycles. The second-order valence-corrected chi connectivity index (χ2v) is 8.14. The quantitative estimate of drug-likeness (QED) is 0.705. The number of para-hydroxylation sites is 2. The highest BCUT2D eigenvalue weighted by Crippen LogP contribution is 2.25. The number of amides is 2. The molecule has 6 nitrogen and oxygen atoms in total. The molecule has 0 radical (unpaired) electrons. The van der Waals surface area contributed by atoms with Crippen molar-refractivity contribution in [3.05, 3.63) is 24.3 Å². The summed E-state index contributed by atoms with van der Waals surface area (Å²) in [5, 5.41) is 0.976. The number of carbonyl (C=O) groups excluding carboxylic acids is 2. The van der Waals surface area contributed by atoms with Crippen LogP contribution in [0.4, 0.5) is 0 Å². The minimum Gasteiger partial charge on any atom is -0.370 e. The van der Waals surface area contributed by atoms with Crippen molar-refractivity contribution in [1.82, 2.24) is 14.5 Å². The molecule has 3 rings (SSSR count). The number of rotatable bonds is 8. The van der Waals surface area contributed by atoms with Gasteiger partial charge in [-0.2, -0.15) is 0 Å². The summed E-state index contributed by atoms with van der Waals surface area (Å²) in [6.45, 7) is 4.56. The van der Waals surface area contributed by atoms with E-state index in [-0.39, 0.29) is 11.8 Å². The number of aryl methyl sites for hydroxylation is 1. The van der Waals surface area contributed by atoms with Crippen LogP contribution in [-0.4, -0.2) is 45.1 Å². The van der Waals surface area contributed by atoms with Gasteiger partial charge in [0.25, 0.3) is 0 Å². The smallest absolute Gasteiger partial charge is 0.223 e. The van der Waals surface area contributed by atoms with Crippen LogP contribution in [0.3, 0.4) is 0 Å². The summed E-state index contributed by atoms with van der Waals surface area (Å²) in [6, 6.07) is 8.13. The van der Waals surface area contributed by atoms with Crippen LogP contribution in [0.25, 0.3) is 11.0 Å². The van der Waals surface area contributed by atoms with E-state index in [4.69, 9.17) is 10.7 Å². The topological polar surface area (TPSA) is 81.2 Å². The fourth-order valence-electron chi connectivity index (χ4n) is 3.73. The van der Waals surface area contributed by atoms with E-state index in [1.54, 1.807) is 11.8 Å². The Morgan fingerprint density at radius 1 is 1.30 bits per heavy atom.